The highest BCUT2D eigenvalue weighted by molar-refractivity contribution is 7.99. The summed E-state index contributed by atoms with van der Waals surface area (Å²) in [5.74, 6) is 0. The van der Waals surface area contributed by atoms with Crippen LogP contribution >= 0.6 is 11.8 Å². The normalized spacial score (nSPS) is 12.1. The minimum atomic E-state index is -0.540. The van der Waals surface area contributed by atoms with E-state index >= 15 is 0 Å². The molecule has 0 saturated heterocycles. The van der Waals surface area contributed by atoms with E-state index in [2.05, 4.69) is 13.8 Å². The van der Waals surface area contributed by atoms with Crippen LogP contribution in [0, 0.1) is 10.1 Å². The second-order valence-corrected chi connectivity index (χ2v) is 4.94. The monoisotopic (exact) mass is 239 g/mol. The molecule has 0 fully saturated rings. The molecule has 0 spiro atoms. The molecule has 1 atom stereocenters. The second-order valence-electron chi connectivity index (χ2n) is 3.43. The molecule has 1 aromatic carbocycles. The first-order valence-electron chi connectivity index (χ1n) is 4.98. The average Bonchev–Trinajstić information content (AvgIpc) is 2.28. The molecule has 1 rings (SSSR count). The number of benzene rings is 1. The second kappa shape index (κ2) is 5.65. The largest absolute Gasteiger partial charge is 0.298 e. The fourth-order valence-electron chi connectivity index (χ4n) is 1.18. The maximum absolute atomic E-state index is 10.7. The van der Waals surface area contributed by atoms with Gasteiger partial charge < -0.3 is 0 Å². The summed E-state index contributed by atoms with van der Waals surface area (Å²) in [4.78, 5) is 21.7. The van der Waals surface area contributed by atoms with Crippen LogP contribution in [0.3, 0.4) is 0 Å². The van der Waals surface area contributed by atoms with Crippen LogP contribution in [0.25, 0.3) is 0 Å². The van der Waals surface area contributed by atoms with Crippen LogP contribution in [0.2, 0.25) is 0 Å². The Morgan fingerprint density at radius 1 is 1.56 bits per heavy atom. The third-order valence-electron chi connectivity index (χ3n) is 2.23. The summed E-state index contributed by atoms with van der Waals surface area (Å²) in [7, 11) is 0. The van der Waals surface area contributed by atoms with E-state index in [0.29, 0.717) is 11.5 Å². The number of carbonyl (C=O) groups is 1. The summed E-state index contributed by atoms with van der Waals surface area (Å²) in [6.45, 7) is 4.15. The Balaban J connectivity index is 2.99. The van der Waals surface area contributed by atoms with Gasteiger partial charge in [-0.1, -0.05) is 13.8 Å². The van der Waals surface area contributed by atoms with Gasteiger partial charge in [0.2, 0.25) is 0 Å². The van der Waals surface area contributed by atoms with E-state index < -0.39 is 4.92 Å². The molecule has 0 saturated carbocycles. The number of nitro groups is 1. The van der Waals surface area contributed by atoms with E-state index in [9.17, 15) is 14.9 Å². The van der Waals surface area contributed by atoms with Crippen LogP contribution < -0.4 is 0 Å². The molecule has 0 radical (unpaired) electrons. The molecule has 4 nitrogen and oxygen atoms in total. The van der Waals surface area contributed by atoms with Crippen molar-refractivity contribution < 1.29 is 9.72 Å². The Kier molecular flexibility index (Phi) is 4.49. The number of nitro benzene ring substituents is 1. The lowest BCUT2D eigenvalue weighted by molar-refractivity contribution is -0.385. The standard InChI is InChI=1S/C11H13NO3S/c1-3-8(2)16-10-4-5-11(12(14)15)9(6-10)7-13/h4-8H,3H2,1-2H3. The molecule has 0 aromatic heterocycles. The van der Waals surface area contributed by atoms with Crippen molar-refractivity contribution in [3.63, 3.8) is 0 Å². The SMILES string of the molecule is CCC(C)Sc1ccc([N+](=O)[O-])c(C=O)c1. The third-order valence-corrected chi connectivity index (χ3v) is 3.50. The van der Waals surface area contributed by atoms with E-state index in [1.165, 1.54) is 6.07 Å². The van der Waals surface area contributed by atoms with Gasteiger partial charge in [0.1, 0.15) is 0 Å². The van der Waals surface area contributed by atoms with Gasteiger partial charge in [-0.2, -0.15) is 0 Å². The molecule has 0 N–H and O–H groups in total. The van der Waals surface area contributed by atoms with Crippen LogP contribution in [0.1, 0.15) is 30.6 Å². The molecule has 1 aromatic rings. The fraction of sp³-hybridized carbons (Fsp3) is 0.364. The summed E-state index contributed by atoms with van der Waals surface area (Å²) in [5.41, 5.74) is 0.00167. The third kappa shape index (κ3) is 3.06. The number of carbonyl (C=O) groups excluding carboxylic acids is 1. The Morgan fingerprint density at radius 2 is 2.25 bits per heavy atom. The van der Waals surface area contributed by atoms with Gasteiger partial charge in [-0.3, -0.25) is 14.9 Å². The molecule has 0 aliphatic carbocycles. The lowest BCUT2D eigenvalue weighted by atomic mass is 10.2. The van der Waals surface area contributed by atoms with Crippen LogP contribution in [0.4, 0.5) is 5.69 Å². The number of rotatable bonds is 5. The molecular weight excluding hydrogens is 226 g/mol. The highest BCUT2D eigenvalue weighted by atomic mass is 32.2. The Bertz CT molecular complexity index is 406. The van der Waals surface area contributed by atoms with Crippen LogP contribution in [0.15, 0.2) is 23.1 Å². The van der Waals surface area contributed by atoms with Crippen LogP contribution in [0.5, 0.6) is 0 Å². The van der Waals surface area contributed by atoms with Crippen LogP contribution in [-0.2, 0) is 0 Å². The molecule has 0 amide bonds. The Labute approximate surface area is 98.2 Å². The maximum atomic E-state index is 10.7. The van der Waals surface area contributed by atoms with Gasteiger partial charge in [0.15, 0.2) is 6.29 Å². The van der Waals surface area contributed by atoms with E-state index in [1.54, 1.807) is 23.9 Å². The number of nitrogens with zero attached hydrogens (tertiary/aromatic N) is 1. The van der Waals surface area contributed by atoms with Crippen molar-refractivity contribution in [2.75, 3.05) is 0 Å². The number of hydrogen-bond donors (Lipinski definition) is 0. The lowest BCUT2D eigenvalue weighted by Gasteiger charge is -2.08. The number of aldehydes is 1. The van der Waals surface area contributed by atoms with Gasteiger partial charge in [0.25, 0.3) is 5.69 Å². The molecule has 0 heterocycles. The molecule has 16 heavy (non-hydrogen) atoms. The van der Waals surface area contributed by atoms with Crippen molar-refractivity contribution in [3.8, 4) is 0 Å². The first kappa shape index (κ1) is 12.7. The molecule has 1 unspecified atom stereocenters. The summed E-state index contributed by atoms with van der Waals surface area (Å²) >= 11 is 1.61. The van der Waals surface area contributed by atoms with Crippen molar-refractivity contribution >= 4 is 23.7 Å². The Morgan fingerprint density at radius 3 is 2.75 bits per heavy atom. The minimum Gasteiger partial charge on any atom is -0.298 e. The molecule has 86 valence electrons. The first-order chi connectivity index (χ1) is 7.58. The molecule has 0 bridgehead atoms. The van der Waals surface area contributed by atoms with E-state index in [4.69, 9.17) is 0 Å². The van der Waals surface area contributed by atoms with Gasteiger partial charge in [0, 0.05) is 16.2 Å². The minimum absolute atomic E-state index is 0.136. The van der Waals surface area contributed by atoms with Gasteiger partial charge in [-0.25, -0.2) is 0 Å². The average molecular weight is 239 g/mol. The van der Waals surface area contributed by atoms with Crippen LogP contribution in [-0.4, -0.2) is 16.5 Å². The first-order valence-corrected chi connectivity index (χ1v) is 5.86. The lowest BCUT2D eigenvalue weighted by Crippen LogP contribution is -1.96. The van der Waals surface area contributed by atoms with Gasteiger partial charge in [-0.05, 0) is 18.6 Å². The number of hydrogen-bond acceptors (Lipinski definition) is 4. The summed E-state index contributed by atoms with van der Waals surface area (Å²) in [5, 5.41) is 11.0. The van der Waals surface area contributed by atoms with E-state index in [0.717, 1.165) is 11.3 Å². The van der Waals surface area contributed by atoms with E-state index in [1.807, 2.05) is 0 Å². The zero-order chi connectivity index (χ0) is 12.1. The van der Waals surface area contributed by atoms with Gasteiger partial charge >= 0.3 is 0 Å². The Hall–Kier alpha value is -1.36. The molecule has 0 aliphatic rings. The topological polar surface area (TPSA) is 60.2 Å². The van der Waals surface area contributed by atoms with E-state index in [-0.39, 0.29) is 11.3 Å². The fourth-order valence-corrected chi connectivity index (χ4v) is 2.16. The predicted octanol–water partition coefficient (Wildman–Crippen LogP) is 3.30. The molecule has 0 aliphatic heterocycles. The number of thioether (sulfide) groups is 1. The van der Waals surface area contributed by atoms with Crippen molar-refractivity contribution in [1.82, 2.24) is 0 Å². The predicted molar refractivity (Wildman–Crippen MR) is 64.1 cm³/mol. The van der Waals surface area contributed by atoms with Gasteiger partial charge in [0.05, 0.1) is 10.5 Å². The maximum Gasteiger partial charge on any atom is 0.279 e. The summed E-state index contributed by atoms with van der Waals surface area (Å²) in [6.07, 6.45) is 1.54. The highest BCUT2D eigenvalue weighted by Gasteiger charge is 2.14. The van der Waals surface area contributed by atoms with Crippen molar-refractivity contribution in [3.05, 3.63) is 33.9 Å². The molecular formula is C11H13NO3S. The zero-order valence-electron chi connectivity index (χ0n) is 9.17. The summed E-state index contributed by atoms with van der Waals surface area (Å²) < 4.78 is 0. The smallest absolute Gasteiger partial charge is 0.279 e. The quantitative estimate of drug-likeness (QED) is 0.342. The van der Waals surface area contributed by atoms with Crippen molar-refractivity contribution in [2.45, 2.75) is 30.4 Å². The van der Waals surface area contributed by atoms with Crippen molar-refractivity contribution in [1.29, 1.82) is 0 Å². The molecule has 5 heteroatoms. The zero-order valence-corrected chi connectivity index (χ0v) is 9.99. The highest BCUT2D eigenvalue weighted by Crippen LogP contribution is 2.28. The summed E-state index contributed by atoms with van der Waals surface area (Å²) in [6, 6.07) is 4.64. The van der Waals surface area contributed by atoms with Crippen molar-refractivity contribution in [2.24, 2.45) is 0 Å². The van der Waals surface area contributed by atoms with Gasteiger partial charge in [-0.15, -0.1) is 11.8 Å².